The number of pyridine rings is 4. The fourth-order valence-electron chi connectivity index (χ4n) is 4.95. The molecule has 0 saturated heterocycles. The van der Waals surface area contributed by atoms with Crippen molar-refractivity contribution in [3.05, 3.63) is 151 Å². The molecule has 13 heteroatoms. The number of carboxylic acids is 1. The van der Waals surface area contributed by atoms with Gasteiger partial charge in [-0.15, -0.1) is 24.3 Å². The molecule has 0 saturated carbocycles. The van der Waals surface area contributed by atoms with Crippen LogP contribution in [-0.4, -0.2) is 31.8 Å². The van der Waals surface area contributed by atoms with E-state index >= 15 is 0 Å². The molecule has 0 atom stereocenters. The standard InChI is InChI=1S/C18H17N3O3.2C11H6F2N.Ir/c22-15(7-1-2-8-16(23)24)21-14-11-12-5-3-9-19-17(12)18-13(14)6-4-10-20-18;2*12-8-4-5-9(10(13)7-8)11-3-1-2-6-14-11;/h3-6,9-11H,1-2,7-8H2,(H,21,22)(H,23,24);2*1-4,6-7H;/q;2*-1;/p-1. The second-order valence-corrected chi connectivity index (χ2v) is 11.0. The van der Waals surface area contributed by atoms with Gasteiger partial charge in [0.2, 0.25) is 5.91 Å². The Hall–Kier alpha value is -5.91. The molecule has 0 bridgehead atoms. The van der Waals surface area contributed by atoms with Crippen LogP contribution in [0.4, 0.5) is 23.2 Å². The van der Waals surface area contributed by atoms with E-state index in [4.69, 9.17) is 0 Å². The van der Waals surface area contributed by atoms with Gasteiger partial charge in [0.15, 0.2) is 0 Å². The van der Waals surface area contributed by atoms with E-state index in [1.54, 1.807) is 61.2 Å². The zero-order chi connectivity index (χ0) is 36.9. The third-order valence-electron chi connectivity index (χ3n) is 7.33. The number of nitrogens with one attached hydrogen (secondary N) is 1. The summed E-state index contributed by atoms with van der Waals surface area (Å²) in [6.07, 6.45) is 7.68. The minimum atomic E-state index is -1.09. The van der Waals surface area contributed by atoms with Crippen LogP contribution in [0.25, 0.3) is 44.3 Å². The molecule has 0 unspecified atom stereocenters. The number of hydrogen-bond donors (Lipinski definition) is 1. The van der Waals surface area contributed by atoms with E-state index in [9.17, 15) is 32.3 Å². The van der Waals surface area contributed by atoms with Crippen LogP contribution in [0.5, 0.6) is 0 Å². The van der Waals surface area contributed by atoms with Gasteiger partial charge in [0, 0.05) is 91.3 Å². The van der Waals surface area contributed by atoms with Crippen LogP contribution >= 0.6 is 0 Å². The fourth-order valence-corrected chi connectivity index (χ4v) is 4.95. The normalized spacial score (nSPS) is 10.3. The van der Waals surface area contributed by atoms with Gasteiger partial charge in [-0.2, -0.15) is 0 Å². The number of fused-ring (bicyclic) bond motifs is 3. The van der Waals surface area contributed by atoms with Gasteiger partial charge in [-0.05, 0) is 67.0 Å². The molecule has 53 heavy (non-hydrogen) atoms. The summed E-state index contributed by atoms with van der Waals surface area (Å²) in [6, 6.07) is 28.4. The second kappa shape index (κ2) is 19.6. The molecule has 0 aliphatic heterocycles. The molecule has 7 rings (SSSR count). The maximum Gasteiger partial charge on any atom is 0.224 e. The largest absolute Gasteiger partial charge is 0.550 e. The van der Waals surface area contributed by atoms with Crippen molar-refractivity contribution in [1.29, 1.82) is 0 Å². The topological polar surface area (TPSA) is 121 Å². The van der Waals surface area contributed by atoms with Gasteiger partial charge in [-0.25, -0.2) is 0 Å². The number of unbranched alkanes of at least 4 members (excludes halogenated alkanes) is 1. The van der Waals surface area contributed by atoms with E-state index in [-0.39, 0.29) is 50.0 Å². The summed E-state index contributed by atoms with van der Waals surface area (Å²) in [5.74, 6) is -3.81. The predicted molar refractivity (Wildman–Crippen MR) is 186 cm³/mol. The van der Waals surface area contributed by atoms with E-state index in [0.29, 0.717) is 29.9 Å². The minimum absolute atomic E-state index is 0. The van der Waals surface area contributed by atoms with Crippen LogP contribution < -0.4 is 10.4 Å². The van der Waals surface area contributed by atoms with E-state index < -0.39 is 29.2 Å². The van der Waals surface area contributed by atoms with Gasteiger partial charge in [-0.1, -0.05) is 53.6 Å². The first kappa shape index (κ1) is 39.9. The summed E-state index contributed by atoms with van der Waals surface area (Å²) in [5.41, 5.74) is 3.49. The maximum absolute atomic E-state index is 13.2. The number of halogens is 4. The molecular weight excluding hydrogens is 867 g/mol. The molecule has 4 aromatic heterocycles. The molecular formula is C40H28F4IrN5O3-3. The number of hydrogen-bond acceptors (Lipinski definition) is 7. The molecule has 3 aromatic carbocycles. The Kier molecular flexibility index (Phi) is 14.8. The number of benzene rings is 3. The SMILES string of the molecule is Fc1c[c-]c(-c2ccccn2)c(F)c1.Fc1c[c-]c(-c2ccccn2)c(F)c1.O=C([O-])CCCCC(=O)Nc1cc2cccnc2c2ncccc12.[Ir]. The number of amides is 1. The third kappa shape index (κ3) is 11.3. The molecule has 0 spiro atoms. The van der Waals surface area contributed by atoms with Gasteiger partial charge >= 0.3 is 0 Å². The second-order valence-electron chi connectivity index (χ2n) is 11.0. The van der Waals surface area contributed by atoms with Crippen molar-refractivity contribution < 1.29 is 52.4 Å². The summed E-state index contributed by atoms with van der Waals surface area (Å²) < 4.78 is 51.6. The van der Waals surface area contributed by atoms with Crippen molar-refractivity contribution in [3.8, 4) is 22.5 Å². The predicted octanol–water partition coefficient (Wildman–Crippen LogP) is 7.68. The Balaban J connectivity index is 0.000000187. The number of anilines is 1. The molecule has 1 radical (unpaired) electrons. The number of carboxylic acid groups (broad SMARTS) is 1. The molecule has 1 amide bonds. The number of aromatic nitrogens is 4. The molecule has 271 valence electrons. The fraction of sp³-hybridized carbons (Fsp3) is 0.100. The van der Waals surface area contributed by atoms with Crippen LogP contribution in [0.3, 0.4) is 0 Å². The summed E-state index contributed by atoms with van der Waals surface area (Å²) >= 11 is 0. The van der Waals surface area contributed by atoms with Crippen LogP contribution in [0.2, 0.25) is 0 Å². The van der Waals surface area contributed by atoms with Gasteiger partial charge < -0.3 is 25.2 Å². The smallest absolute Gasteiger partial charge is 0.224 e. The first-order valence-corrected chi connectivity index (χ1v) is 15.9. The summed E-state index contributed by atoms with van der Waals surface area (Å²) in [4.78, 5) is 39.2. The maximum atomic E-state index is 13.2. The Morgan fingerprint density at radius 3 is 1.70 bits per heavy atom. The van der Waals surface area contributed by atoms with Gasteiger partial charge in [-0.3, -0.25) is 32.3 Å². The molecule has 1 N–H and O–H groups in total. The number of carbonyl (C=O) groups excluding carboxylic acids is 2. The van der Waals surface area contributed by atoms with Crippen molar-refractivity contribution in [2.75, 3.05) is 5.32 Å². The van der Waals surface area contributed by atoms with Gasteiger partial charge in [0.05, 0.1) is 16.7 Å². The number of rotatable bonds is 8. The Morgan fingerprint density at radius 2 is 1.17 bits per heavy atom. The quantitative estimate of drug-likeness (QED) is 0.0720. The zero-order valence-electron chi connectivity index (χ0n) is 27.7. The van der Waals surface area contributed by atoms with Crippen molar-refractivity contribution in [3.63, 3.8) is 0 Å². The number of nitrogens with zero attached hydrogens (tertiary/aromatic N) is 4. The third-order valence-corrected chi connectivity index (χ3v) is 7.33. The monoisotopic (exact) mass is 895 g/mol. The first-order chi connectivity index (χ1) is 25.2. The molecule has 0 aliphatic rings. The van der Waals surface area contributed by atoms with Crippen molar-refractivity contribution in [2.45, 2.75) is 25.7 Å². The molecule has 0 aliphatic carbocycles. The molecule has 0 fully saturated rings. The van der Waals surface area contributed by atoms with E-state index in [1.165, 1.54) is 0 Å². The van der Waals surface area contributed by atoms with Crippen LogP contribution in [0, 0.1) is 35.4 Å². The van der Waals surface area contributed by atoms with Gasteiger partial charge in [0.1, 0.15) is 0 Å². The van der Waals surface area contributed by atoms with Crippen LogP contribution in [0.15, 0.2) is 116 Å². The first-order valence-electron chi connectivity index (χ1n) is 15.9. The van der Waals surface area contributed by atoms with Crippen LogP contribution in [-0.2, 0) is 29.7 Å². The van der Waals surface area contributed by atoms with Crippen LogP contribution in [0.1, 0.15) is 25.7 Å². The Bertz CT molecular complexity index is 2210. The van der Waals surface area contributed by atoms with Crippen molar-refractivity contribution >= 4 is 39.4 Å². The van der Waals surface area contributed by atoms with Crippen molar-refractivity contribution in [2.24, 2.45) is 0 Å². The average molecular weight is 895 g/mol. The number of aliphatic carboxylic acids is 1. The van der Waals surface area contributed by atoms with Crippen molar-refractivity contribution in [1.82, 2.24) is 19.9 Å². The van der Waals surface area contributed by atoms with E-state index in [1.807, 2.05) is 30.3 Å². The minimum Gasteiger partial charge on any atom is -0.550 e. The average Bonchev–Trinajstić information content (AvgIpc) is 3.15. The van der Waals surface area contributed by atoms with Gasteiger partial charge in [0.25, 0.3) is 0 Å². The molecule has 7 aromatic rings. The molecule has 4 heterocycles. The summed E-state index contributed by atoms with van der Waals surface area (Å²) in [7, 11) is 0. The summed E-state index contributed by atoms with van der Waals surface area (Å²) in [6.45, 7) is 0. The Morgan fingerprint density at radius 1 is 0.642 bits per heavy atom. The molecule has 8 nitrogen and oxygen atoms in total. The summed E-state index contributed by atoms with van der Waals surface area (Å²) in [5, 5.41) is 15.0. The Labute approximate surface area is 315 Å². The zero-order valence-corrected chi connectivity index (χ0v) is 30.1. The van der Waals surface area contributed by atoms with E-state index in [0.717, 1.165) is 46.1 Å². The number of carbonyl (C=O) groups is 2. The van der Waals surface area contributed by atoms with E-state index in [2.05, 4.69) is 37.4 Å².